The number of rotatable bonds is 3. The Morgan fingerprint density at radius 3 is 2.55 bits per heavy atom. The molecule has 0 heterocycles. The average Bonchev–Trinajstić information content (AvgIpc) is 2.34. The van der Waals surface area contributed by atoms with E-state index in [9.17, 15) is 8.42 Å². The van der Waals surface area contributed by atoms with Crippen LogP contribution >= 0.6 is 27.5 Å². The maximum Gasteiger partial charge on any atom is 0.262 e. The van der Waals surface area contributed by atoms with Crippen LogP contribution in [-0.4, -0.2) is 8.42 Å². The van der Waals surface area contributed by atoms with E-state index in [0.717, 1.165) is 5.56 Å². The Balaban J connectivity index is 2.44. The predicted octanol–water partition coefficient (Wildman–Crippen LogP) is 3.79. The van der Waals surface area contributed by atoms with Gasteiger partial charge in [0.1, 0.15) is 0 Å². The first-order valence-corrected chi connectivity index (χ1v) is 8.29. The van der Waals surface area contributed by atoms with E-state index in [1.165, 1.54) is 12.1 Å². The van der Waals surface area contributed by atoms with Gasteiger partial charge in [0.15, 0.2) is 0 Å². The third-order valence-electron chi connectivity index (χ3n) is 2.61. The molecule has 7 heteroatoms. The molecule has 4 nitrogen and oxygen atoms in total. The third-order valence-corrected chi connectivity index (χ3v) is 4.82. The molecule has 3 N–H and O–H groups in total. The molecule has 0 saturated carbocycles. The minimum atomic E-state index is -3.74. The lowest BCUT2D eigenvalue weighted by Gasteiger charge is -2.13. The Kier molecular flexibility index (Phi) is 4.27. The summed E-state index contributed by atoms with van der Waals surface area (Å²) in [6.07, 6.45) is 0. The summed E-state index contributed by atoms with van der Waals surface area (Å²) in [7, 11) is -3.74. The lowest BCUT2D eigenvalue weighted by molar-refractivity contribution is 0.601. The van der Waals surface area contributed by atoms with Gasteiger partial charge in [-0.2, -0.15) is 0 Å². The van der Waals surface area contributed by atoms with Gasteiger partial charge in [0, 0.05) is 9.50 Å². The van der Waals surface area contributed by atoms with Crippen molar-refractivity contribution in [3.63, 3.8) is 0 Å². The van der Waals surface area contributed by atoms with Crippen LogP contribution in [0.15, 0.2) is 45.8 Å². The van der Waals surface area contributed by atoms with E-state index in [1.54, 1.807) is 24.3 Å². The fraction of sp³-hybridized carbons (Fsp3) is 0.0769. The van der Waals surface area contributed by atoms with Crippen LogP contribution in [0.2, 0.25) is 5.02 Å². The van der Waals surface area contributed by atoms with Gasteiger partial charge in [-0.25, -0.2) is 8.42 Å². The minimum Gasteiger partial charge on any atom is -0.397 e. The first-order chi connectivity index (χ1) is 9.29. The highest BCUT2D eigenvalue weighted by Crippen LogP contribution is 2.32. The second-order valence-corrected chi connectivity index (χ2v) is 7.25. The molecular weight excluding hydrogens is 364 g/mol. The van der Waals surface area contributed by atoms with Gasteiger partial charge < -0.3 is 5.73 Å². The maximum atomic E-state index is 12.3. The molecule has 0 unspecified atom stereocenters. The zero-order chi connectivity index (χ0) is 14.9. The van der Waals surface area contributed by atoms with Crippen LogP contribution in [0.1, 0.15) is 5.56 Å². The maximum absolute atomic E-state index is 12.3. The minimum absolute atomic E-state index is 0.0804. The fourth-order valence-corrected chi connectivity index (χ4v) is 3.93. The largest absolute Gasteiger partial charge is 0.397 e. The molecule has 2 rings (SSSR count). The number of hydrogen-bond donors (Lipinski definition) is 2. The van der Waals surface area contributed by atoms with Gasteiger partial charge in [0.25, 0.3) is 10.0 Å². The number of hydrogen-bond acceptors (Lipinski definition) is 3. The average molecular weight is 376 g/mol. The molecule has 0 fully saturated rings. The number of nitrogen functional groups attached to an aromatic ring is 1. The van der Waals surface area contributed by atoms with Crippen LogP contribution < -0.4 is 10.5 Å². The summed E-state index contributed by atoms with van der Waals surface area (Å²) in [4.78, 5) is 0.0804. The Labute approximate surface area is 131 Å². The van der Waals surface area contributed by atoms with Crippen molar-refractivity contribution >= 4 is 48.9 Å². The van der Waals surface area contributed by atoms with Gasteiger partial charge in [-0.3, -0.25) is 4.72 Å². The molecule has 0 amide bonds. The van der Waals surface area contributed by atoms with Crippen molar-refractivity contribution in [1.82, 2.24) is 0 Å². The topological polar surface area (TPSA) is 72.2 Å². The van der Waals surface area contributed by atoms with Gasteiger partial charge in [-0.1, -0.05) is 17.7 Å². The standard InChI is InChI=1S/C13H12BrClN2O2S/c1-8-5-11(14)13(12(16)6-8)17-20(18,19)10-4-2-3-9(15)7-10/h2-7,17H,16H2,1H3. The summed E-state index contributed by atoms with van der Waals surface area (Å²) >= 11 is 9.12. The second kappa shape index (κ2) is 5.63. The van der Waals surface area contributed by atoms with Crippen LogP contribution in [0.4, 0.5) is 11.4 Å². The number of benzene rings is 2. The number of sulfonamides is 1. The van der Waals surface area contributed by atoms with Crippen LogP contribution in [0, 0.1) is 6.92 Å². The van der Waals surface area contributed by atoms with Crippen LogP contribution in [0.25, 0.3) is 0 Å². The molecule has 0 spiro atoms. The number of nitrogens with one attached hydrogen (secondary N) is 1. The van der Waals surface area contributed by atoms with E-state index >= 15 is 0 Å². The van der Waals surface area contributed by atoms with Gasteiger partial charge in [0.2, 0.25) is 0 Å². The van der Waals surface area contributed by atoms with Crippen molar-refractivity contribution in [2.75, 3.05) is 10.5 Å². The van der Waals surface area contributed by atoms with Crippen molar-refractivity contribution in [3.05, 3.63) is 51.5 Å². The SMILES string of the molecule is Cc1cc(N)c(NS(=O)(=O)c2cccc(Cl)c2)c(Br)c1. The number of halogens is 2. The van der Waals surface area contributed by atoms with E-state index < -0.39 is 10.0 Å². The highest BCUT2D eigenvalue weighted by molar-refractivity contribution is 9.10. The molecule has 0 aromatic heterocycles. The first kappa shape index (κ1) is 15.2. The quantitative estimate of drug-likeness (QED) is 0.802. The monoisotopic (exact) mass is 374 g/mol. The Morgan fingerprint density at radius 2 is 1.95 bits per heavy atom. The molecule has 0 aliphatic heterocycles. The van der Waals surface area contributed by atoms with Crippen molar-refractivity contribution in [3.8, 4) is 0 Å². The molecule has 2 aromatic rings. The molecule has 0 saturated heterocycles. The molecule has 0 radical (unpaired) electrons. The summed E-state index contributed by atoms with van der Waals surface area (Å²) in [5, 5.41) is 0.351. The summed E-state index contributed by atoms with van der Waals surface area (Å²) in [5.41, 5.74) is 7.45. The zero-order valence-corrected chi connectivity index (χ0v) is 13.7. The van der Waals surface area contributed by atoms with Crippen LogP contribution in [0.3, 0.4) is 0 Å². The molecule has 0 atom stereocenters. The highest BCUT2D eigenvalue weighted by Gasteiger charge is 2.17. The van der Waals surface area contributed by atoms with E-state index in [4.69, 9.17) is 17.3 Å². The lowest BCUT2D eigenvalue weighted by Crippen LogP contribution is -2.14. The van der Waals surface area contributed by atoms with E-state index in [1.807, 2.05) is 6.92 Å². The second-order valence-electron chi connectivity index (χ2n) is 4.27. The molecule has 20 heavy (non-hydrogen) atoms. The van der Waals surface area contributed by atoms with Crippen molar-refractivity contribution in [2.45, 2.75) is 11.8 Å². The normalized spacial score (nSPS) is 11.3. The number of anilines is 2. The zero-order valence-electron chi connectivity index (χ0n) is 10.5. The molecule has 106 valence electrons. The highest BCUT2D eigenvalue weighted by atomic mass is 79.9. The van der Waals surface area contributed by atoms with Gasteiger partial charge in [-0.05, 0) is 58.7 Å². The van der Waals surface area contributed by atoms with Crippen molar-refractivity contribution in [1.29, 1.82) is 0 Å². The first-order valence-electron chi connectivity index (χ1n) is 5.63. The predicted molar refractivity (Wildman–Crippen MR) is 85.6 cm³/mol. The molecular formula is C13H12BrClN2O2S. The van der Waals surface area contributed by atoms with E-state index in [-0.39, 0.29) is 4.90 Å². The number of aryl methyl sites for hydroxylation is 1. The fourth-order valence-electron chi connectivity index (χ4n) is 1.70. The van der Waals surface area contributed by atoms with Crippen LogP contribution in [-0.2, 0) is 10.0 Å². The molecule has 2 aromatic carbocycles. The van der Waals surface area contributed by atoms with Gasteiger partial charge in [0.05, 0.1) is 16.3 Å². The summed E-state index contributed by atoms with van der Waals surface area (Å²) in [6.45, 7) is 1.87. The van der Waals surface area contributed by atoms with Crippen LogP contribution in [0.5, 0.6) is 0 Å². The Morgan fingerprint density at radius 1 is 1.25 bits per heavy atom. The molecule has 0 aliphatic rings. The van der Waals surface area contributed by atoms with E-state index in [0.29, 0.717) is 20.9 Å². The summed E-state index contributed by atoms with van der Waals surface area (Å²) < 4.78 is 27.6. The molecule has 0 aliphatic carbocycles. The lowest BCUT2D eigenvalue weighted by atomic mass is 10.2. The van der Waals surface area contributed by atoms with Crippen molar-refractivity contribution < 1.29 is 8.42 Å². The third kappa shape index (κ3) is 3.26. The smallest absolute Gasteiger partial charge is 0.262 e. The Hall–Kier alpha value is -1.24. The van der Waals surface area contributed by atoms with Gasteiger partial charge in [-0.15, -0.1) is 0 Å². The number of nitrogens with two attached hydrogens (primary N) is 1. The molecule has 0 bridgehead atoms. The van der Waals surface area contributed by atoms with E-state index in [2.05, 4.69) is 20.7 Å². The Bertz CT molecular complexity index is 740. The summed E-state index contributed by atoms with van der Waals surface area (Å²) in [6, 6.07) is 9.50. The summed E-state index contributed by atoms with van der Waals surface area (Å²) in [5.74, 6) is 0. The van der Waals surface area contributed by atoms with Crippen molar-refractivity contribution in [2.24, 2.45) is 0 Å². The van der Waals surface area contributed by atoms with Gasteiger partial charge >= 0.3 is 0 Å².